The largest absolute Gasteiger partial charge is 0.378 e. The highest BCUT2D eigenvalue weighted by atomic mass is 35.5. The van der Waals surface area contributed by atoms with Crippen LogP contribution in [0, 0.1) is 6.92 Å². The van der Waals surface area contributed by atoms with Crippen LogP contribution in [0.5, 0.6) is 0 Å². The molecule has 0 saturated carbocycles. The number of primary amides is 1. The lowest BCUT2D eigenvalue weighted by Crippen LogP contribution is -2.11. The second kappa shape index (κ2) is 5.71. The van der Waals surface area contributed by atoms with Crippen LogP contribution in [0.1, 0.15) is 21.5 Å². The minimum atomic E-state index is -0.433. The van der Waals surface area contributed by atoms with E-state index >= 15 is 0 Å². The van der Waals surface area contributed by atoms with E-state index in [0.717, 1.165) is 16.8 Å². The number of pyridine rings is 1. The number of carbonyl (C=O) groups is 1. The SMILES string of the molecule is Cc1cnc(Cl)c(NCc2cccc(C(N)=O)c2)c1. The Balaban J connectivity index is 2.12. The van der Waals surface area contributed by atoms with Crippen molar-refractivity contribution in [2.24, 2.45) is 5.73 Å². The van der Waals surface area contributed by atoms with Gasteiger partial charge in [-0.1, -0.05) is 23.7 Å². The Morgan fingerprint density at radius 2 is 2.21 bits per heavy atom. The number of benzene rings is 1. The molecule has 0 fully saturated rings. The van der Waals surface area contributed by atoms with E-state index in [9.17, 15) is 4.79 Å². The van der Waals surface area contributed by atoms with E-state index < -0.39 is 5.91 Å². The van der Waals surface area contributed by atoms with Gasteiger partial charge in [-0.2, -0.15) is 0 Å². The molecule has 0 atom stereocenters. The number of aryl methyl sites for hydroxylation is 1. The molecule has 4 nitrogen and oxygen atoms in total. The van der Waals surface area contributed by atoms with E-state index in [1.807, 2.05) is 19.1 Å². The molecule has 2 aromatic rings. The van der Waals surface area contributed by atoms with Crippen molar-refractivity contribution in [3.05, 3.63) is 58.4 Å². The average Bonchev–Trinajstić information content (AvgIpc) is 2.40. The van der Waals surface area contributed by atoms with Crippen molar-refractivity contribution in [2.75, 3.05) is 5.32 Å². The zero-order chi connectivity index (χ0) is 13.8. The van der Waals surface area contributed by atoms with Crippen LogP contribution in [0.4, 0.5) is 5.69 Å². The summed E-state index contributed by atoms with van der Waals surface area (Å²) >= 11 is 6.00. The first-order valence-corrected chi connectivity index (χ1v) is 6.19. The summed E-state index contributed by atoms with van der Waals surface area (Å²) in [6.45, 7) is 2.49. The average molecular weight is 276 g/mol. The molecule has 0 spiro atoms. The maximum absolute atomic E-state index is 11.1. The molecule has 0 aliphatic rings. The quantitative estimate of drug-likeness (QED) is 0.843. The van der Waals surface area contributed by atoms with Gasteiger partial charge in [-0.05, 0) is 36.2 Å². The minimum absolute atomic E-state index is 0.427. The zero-order valence-electron chi connectivity index (χ0n) is 10.5. The van der Waals surface area contributed by atoms with Crippen LogP contribution in [0.25, 0.3) is 0 Å². The summed E-state index contributed by atoms with van der Waals surface area (Å²) in [5.74, 6) is -0.433. The molecule has 0 unspecified atom stereocenters. The number of aromatic nitrogens is 1. The summed E-state index contributed by atoms with van der Waals surface area (Å²) in [5, 5.41) is 3.62. The first-order chi connectivity index (χ1) is 9.06. The van der Waals surface area contributed by atoms with Crippen molar-refractivity contribution < 1.29 is 4.79 Å². The van der Waals surface area contributed by atoms with Gasteiger partial charge >= 0.3 is 0 Å². The molecule has 1 heterocycles. The molecule has 98 valence electrons. The summed E-state index contributed by atoms with van der Waals surface area (Å²) < 4.78 is 0. The fraction of sp³-hybridized carbons (Fsp3) is 0.143. The van der Waals surface area contributed by atoms with E-state index in [1.54, 1.807) is 24.4 Å². The predicted molar refractivity (Wildman–Crippen MR) is 76.3 cm³/mol. The number of anilines is 1. The topological polar surface area (TPSA) is 68.0 Å². The zero-order valence-corrected chi connectivity index (χ0v) is 11.2. The maximum Gasteiger partial charge on any atom is 0.248 e. The van der Waals surface area contributed by atoms with Gasteiger partial charge in [0.25, 0.3) is 0 Å². The van der Waals surface area contributed by atoms with E-state index in [2.05, 4.69) is 10.3 Å². The lowest BCUT2D eigenvalue weighted by atomic mass is 10.1. The summed E-state index contributed by atoms with van der Waals surface area (Å²) in [7, 11) is 0. The Labute approximate surface area is 116 Å². The van der Waals surface area contributed by atoms with Gasteiger partial charge in [0.05, 0.1) is 5.69 Å². The highest BCUT2D eigenvalue weighted by Crippen LogP contribution is 2.20. The lowest BCUT2D eigenvalue weighted by Gasteiger charge is -2.09. The molecular formula is C14H14ClN3O. The fourth-order valence-electron chi connectivity index (χ4n) is 1.71. The van der Waals surface area contributed by atoms with Gasteiger partial charge in [-0.25, -0.2) is 4.98 Å². The highest BCUT2D eigenvalue weighted by Gasteiger charge is 2.04. The van der Waals surface area contributed by atoms with Crippen molar-refractivity contribution in [1.29, 1.82) is 0 Å². The van der Waals surface area contributed by atoms with Crippen LogP contribution in [0.2, 0.25) is 5.15 Å². The van der Waals surface area contributed by atoms with Gasteiger partial charge in [0.15, 0.2) is 5.15 Å². The highest BCUT2D eigenvalue weighted by molar-refractivity contribution is 6.31. The van der Waals surface area contributed by atoms with Gasteiger partial charge in [0.1, 0.15) is 0 Å². The first-order valence-electron chi connectivity index (χ1n) is 5.81. The fourth-order valence-corrected chi connectivity index (χ4v) is 1.88. The van der Waals surface area contributed by atoms with Gasteiger partial charge < -0.3 is 11.1 Å². The van der Waals surface area contributed by atoms with Crippen LogP contribution < -0.4 is 11.1 Å². The predicted octanol–water partition coefficient (Wildman–Crippen LogP) is 2.75. The molecule has 0 radical (unpaired) electrons. The van der Waals surface area contributed by atoms with E-state index in [1.165, 1.54) is 0 Å². The van der Waals surface area contributed by atoms with E-state index in [-0.39, 0.29) is 0 Å². The van der Waals surface area contributed by atoms with Crippen molar-refractivity contribution in [2.45, 2.75) is 13.5 Å². The molecule has 1 aromatic carbocycles. The van der Waals surface area contributed by atoms with Crippen LogP contribution in [0.15, 0.2) is 36.5 Å². The Kier molecular flexibility index (Phi) is 4.02. The normalized spacial score (nSPS) is 10.2. The van der Waals surface area contributed by atoms with Crippen LogP contribution in [-0.4, -0.2) is 10.9 Å². The number of nitrogens with zero attached hydrogens (tertiary/aromatic N) is 1. The monoisotopic (exact) mass is 275 g/mol. The number of nitrogens with one attached hydrogen (secondary N) is 1. The summed E-state index contributed by atoms with van der Waals surface area (Å²) in [6, 6.07) is 9.08. The molecule has 0 bridgehead atoms. The molecule has 3 N–H and O–H groups in total. The number of hydrogen-bond donors (Lipinski definition) is 2. The summed E-state index contributed by atoms with van der Waals surface area (Å²) in [4.78, 5) is 15.2. The summed E-state index contributed by atoms with van der Waals surface area (Å²) in [6.07, 6.45) is 1.71. The van der Waals surface area contributed by atoms with E-state index in [0.29, 0.717) is 17.3 Å². The summed E-state index contributed by atoms with van der Waals surface area (Å²) in [5.41, 5.74) is 8.48. The second-order valence-corrected chi connectivity index (χ2v) is 4.63. The molecule has 0 aliphatic carbocycles. The second-order valence-electron chi connectivity index (χ2n) is 4.27. The number of amides is 1. The molecule has 0 saturated heterocycles. The van der Waals surface area contributed by atoms with Crippen LogP contribution in [-0.2, 0) is 6.54 Å². The first kappa shape index (κ1) is 13.4. The smallest absolute Gasteiger partial charge is 0.248 e. The molecule has 1 amide bonds. The number of nitrogens with two attached hydrogens (primary N) is 1. The standard InChI is InChI=1S/C14H14ClN3O/c1-9-5-12(13(15)18-7-9)17-8-10-3-2-4-11(6-10)14(16)19/h2-7,17H,8H2,1H3,(H2,16,19). The number of halogens is 1. The van der Waals surface area contributed by atoms with Crippen LogP contribution >= 0.6 is 11.6 Å². The Morgan fingerprint density at radius 3 is 2.95 bits per heavy atom. The van der Waals surface area contributed by atoms with Gasteiger partial charge in [-0.15, -0.1) is 0 Å². The van der Waals surface area contributed by atoms with Crippen molar-refractivity contribution in [3.8, 4) is 0 Å². The third-order valence-electron chi connectivity index (χ3n) is 2.67. The van der Waals surface area contributed by atoms with Crippen LogP contribution in [0.3, 0.4) is 0 Å². The minimum Gasteiger partial charge on any atom is -0.378 e. The lowest BCUT2D eigenvalue weighted by molar-refractivity contribution is 0.1000. The molecular weight excluding hydrogens is 262 g/mol. The number of hydrogen-bond acceptors (Lipinski definition) is 3. The van der Waals surface area contributed by atoms with Crippen molar-refractivity contribution >= 4 is 23.2 Å². The van der Waals surface area contributed by atoms with Gasteiger partial charge in [-0.3, -0.25) is 4.79 Å². The molecule has 5 heteroatoms. The van der Waals surface area contributed by atoms with Gasteiger partial charge in [0, 0.05) is 18.3 Å². The Bertz CT molecular complexity index is 613. The third-order valence-corrected chi connectivity index (χ3v) is 2.97. The number of carbonyl (C=O) groups excluding carboxylic acids is 1. The molecule has 2 rings (SSSR count). The van der Waals surface area contributed by atoms with Crippen molar-refractivity contribution in [1.82, 2.24) is 4.98 Å². The maximum atomic E-state index is 11.1. The number of rotatable bonds is 4. The molecule has 0 aliphatic heterocycles. The Morgan fingerprint density at radius 1 is 1.42 bits per heavy atom. The van der Waals surface area contributed by atoms with Gasteiger partial charge in [0.2, 0.25) is 5.91 Å². The Hall–Kier alpha value is -2.07. The molecule has 1 aromatic heterocycles. The molecule has 19 heavy (non-hydrogen) atoms. The van der Waals surface area contributed by atoms with Crippen molar-refractivity contribution in [3.63, 3.8) is 0 Å². The third kappa shape index (κ3) is 3.45. The van der Waals surface area contributed by atoms with E-state index in [4.69, 9.17) is 17.3 Å².